The topological polar surface area (TPSA) is 52.0 Å². The van der Waals surface area contributed by atoms with Crippen molar-refractivity contribution in [3.8, 4) is 11.5 Å². The van der Waals surface area contributed by atoms with E-state index in [1.165, 1.54) is 0 Å². The number of nitrogens with one attached hydrogen (secondary N) is 1. The summed E-state index contributed by atoms with van der Waals surface area (Å²) in [4.78, 5) is 4.13. The number of pyridine rings is 1. The smallest absolute Gasteiger partial charge is 0.165 e. The van der Waals surface area contributed by atoms with E-state index in [-0.39, 0.29) is 0 Å². The number of ether oxygens (including phenoxy) is 1. The predicted octanol–water partition coefficient (Wildman–Crippen LogP) is 2.91. The Hall–Kier alpha value is -2.04. The summed E-state index contributed by atoms with van der Waals surface area (Å²) in [6.07, 6.45) is 8.13. The van der Waals surface area contributed by atoms with Crippen LogP contribution in [0.4, 0.5) is 5.69 Å². The summed E-state index contributed by atoms with van der Waals surface area (Å²) < 4.78 is 7.58. The van der Waals surface area contributed by atoms with Gasteiger partial charge in [0.25, 0.3) is 0 Å². The van der Waals surface area contributed by atoms with Crippen molar-refractivity contribution in [3.63, 3.8) is 0 Å². The van der Waals surface area contributed by atoms with E-state index in [1.807, 2.05) is 23.9 Å². The highest BCUT2D eigenvalue weighted by atomic mass is 16.5. The Morgan fingerprint density at radius 2 is 2.11 bits per heavy atom. The van der Waals surface area contributed by atoms with E-state index in [2.05, 4.69) is 22.3 Å². The molecule has 2 aromatic rings. The van der Waals surface area contributed by atoms with Crippen LogP contribution in [0.3, 0.4) is 0 Å². The average Bonchev–Trinajstić information content (AvgIpc) is 2.78. The van der Waals surface area contributed by atoms with Gasteiger partial charge in [-0.25, -0.2) is 0 Å². The minimum Gasteiger partial charge on any atom is -0.452 e. The summed E-state index contributed by atoms with van der Waals surface area (Å²) in [6.45, 7) is 5.92. The molecule has 0 spiro atoms. The summed E-state index contributed by atoms with van der Waals surface area (Å²) in [7, 11) is 0. The number of nitrogens with zero attached hydrogens (tertiary/aromatic N) is 3. The van der Waals surface area contributed by atoms with Crippen LogP contribution in [0.2, 0.25) is 0 Å². The van der Waals surface area contributed by atoms with E-state index in [9.17, 15) is 0 Å². The van der Waals surface area contributed by atoms with E-state index in [0.29, 0.717) is 5.75 Å². The lowest BCUT2D eigenvalue weighted by molar-refractivity contribution is 0.478. The normalized spacial score (nSPS) is 10.3. The molecule has 0 fully saturated rings. The number of rotatable bonds is 6. The number of anilines is 1. The second kappa shape index (κ2) is 6.05. The van der Waals surface area contributed by atoms with Gasteiger partial charge in [-0.1, -0.05) is 6.92 Å². The predicted molar refractivity (Wildman–Crippen MR) is 71.0 cm³/mol. The van der Waals surface area contributed by atoms with Gasteiger partial charge < -0.3 is 10.1 Å². The lowest BCUT2D eigenvalue weighted by Gasteiger charge is -2.05. The van der Waals surface area contributed by atoms with Gasteiger partial charge in [-0.05, 0) is 13.3 Å². The third-order valence-corrected chi connectivity index (χ3v) is 2.39. The summed E-state index contributed by atoms with van der Waals surface area (Å²) in [5.74, 6) is 1.45. The summed E-state index contributed by atoms with van der Waals surface area (Å²) in [5, 5.41) is 7.41. The molecule has 0 radical (unpaired) electrons. The van der Waals surface area contributed by atoms with Crippen molar-refractivity contribution in [2.45, 2.75) is 26.8 Å². The first-order chi connectivity index (χ1) is 8.81. The summed E-state index contributed by atoms with van der Waals surface area (Å²) in [5.41, 5.74) is 0.955. The van der Waals surface area contributed by atoms with Crippen molar-refractivity contribution in [2.24, 2.45) is 0 Å². The zero-order valence-corrected chi connectivity index (χ0v) is 10.8. The highest BCUT2D eigenvalue weighted by Gasteiger charge is 2.02. The van der Waals surface area contributed by atoms with Crippen LogP contribution >= 0.6 is 0 Å². The van der Waals surface area contributed by atoms with E-state index in [1.54, 1.807) is 18.6 Å². The Morgan fingerprint density at radius 1 is 1.22 bits per heavy atom. The second-order valence-corrected chi connectivity index (χ2v) is 3.98. The van der Waals surface area contributed by atoms with E-state index < -0.39 is 0 Å². The Balaban J connectivity index is 2.05. The summed E-state index contributed by atoms with van der Waals surface area (Å²) in [6, 6.07) is 1.92. The van der Waals surface area contributed by atoms with E-state index >= 15 is 0 Å². The van der Waals surface area contributed by atoms with Crippen LogP contribution in [0.5, 0.6) is 11.5 Å². The third kappa shape index (κ3) is 3.23. The number of hydrogen-bond acceptors (Lipinski definition) is 4. The van der Waals surface area contributed by atoms with Gasteiger partial charge in [-0.2, -0.15) is 5.10 Å². The first kappa shape index (κ1) is 12.4. The van der Waals surface area contributed by atoms with Crippen LogP contribution in [-0.2, 0) is 6.54 Å². The quantitative estimate of drug-likeness (QED) is 0.851. The van der Waals surface area contributed by atoms with Gasteiger partial charge in [0.2, 0.25) is 0 Å². The van der Waals surface area contributed by atoms with Gasteiger partial charge in [0.15, 0.2) is 5.75 Å². The van der Waals surface area contributed by atoms with Gasteiger partial charge in [0, 0.05) is 19.2 Å². The molecule has 5 nitrogen and oxygen atoms in total. The van der Waals surface area contributed by atoms with Gasteiger partial charge in [0.1, 0.15) is 5.75 Å². The third-order valence-electron chi connectivity index (χ3n) is 2.39. The van der Waals surface area contributed by atoms with Gasteiger partial charge in [-0.15, -0.1) is 0 Å². The number of hydrogen-bond donors (Lipinski definition) is 1. The first-order valence-electron chi connectivity index (χ1n) is 6.21. The molecular formula is C13H18N4O. The second-order valence-electron chi connectivity index (χ2n) is 3.98. The fraction of sp³-hybridized carbons (Fsp3) is 0.385. The molecule has 0 unspecified atom stereocenters. The van der Waals surface area contributed by atoms with E-state index in [4.69, 9.17) is 4.74 Å². The van der Waals surface area contributed by atoms with Crippen LogP contribution in [0.15, 0.2) is 30.9 Å². The Bertz CT molecular complexity index is 495. The minimum atomic E-state index is 0.712. The zero-order chi connectivity index (χ0) is 12.8. The average molecular weight is 246 g/mol. The molecule has 2 rings (SSSR count). The fourth-order valence-electron chi connectivity index (χ4n) is 1.66. The molecule has 2 heterocycles. The largest absolute Gasteiger partial charge is 0.452 e. The SMILES string of the molecule is CCCn1cc(Oc2cncc(NCC)c2)cn1. The molecule has 1 N–H and O–H groups in total. The van der Waals surface area contributed by atoms with Crippen molar-refractivity contribution in [1.82, 2.24) is 14.8 Å². The fourth-order valence-corrected chi connectivity index (χ4v) is 1.66. The molecule has 18 heavy (non-hydrogen) atoms. The van der Waals surface area contributed by atoms with Crippen LogP contribution in [-0.4, -0.2) is 21.3 Å². The Morgan fingerprint density at radius 3 is 2.89 bits per heavy atom. The molecule has 0 saturated heterocycles. The zero-order valence-electron chi connectivity index (χ0n) is 10.8. The van der Waals surface area contributed by atoms with Crippen molar-refractivity contribution in [2.75, 3.05) is 11.9 Å². The molecule has 2 aromatic heterocycles. The van der Waals surface area contributed by atoms with Gasteiger partial charge in [-0.3, -0.25) is 9.67 Å². The van der Waals surface area contributed by atoms with Crippen LogP contribution < -0.4 is 10.1 Å². The number of aryl methyl sites for hydroxylation is 1. The lowest BCUT2D eigenvalue weighted by Crippen LogP contribution is -1.97. The van der Waals surface area contributed by atoms with Crippen LogP contribution in [0.25, 0.3) is 0 Å². The van der Waals surface area contributed by atoms with Crippen LogP contribution in [0.1, 0.15) is 20.3 Å². The van der Waals surface area contributed by atoms with Gasteiger partial charge >= 0.3 is 0 Å². The molecular weight excluding hydrogens is 228 g/mol. The van der Waals surface area contributed by atoms with Crippen molar-refractivity contribution in [3.05, 3.63) is 30.9 Å². The Kier molecular flexibility index (Phi) is 4.17. The highest BCUT2D eigenvalue weighted by Crippen LogP contribution is 2.22. The maximum Gasteiger partial charge on any atom is 0.165 e. The van der Waals surface area contributed by atoms with Crippen LogP contribution in [0, 0.1) is 0 Å². The minimum absolute atomic E-state index is 0.712. The highest BCUT2D eigenvalue weighted by molar-refractivity contribution is 5.45. The molecule has 0 aliphatic carbocycles. The lowest BCUT2D eigenvalue weighted by atomic mass is 10.4. The van der Waals surface area contributed by atoms with Crippen molar-refractivity contribution in [1.29, 1.82) is 0 Å². The molecule has 0 amide bonds. The monoisotopic (exact) mass is 246 g/mol. The first-order valence-corrected chi connectivity index (χ1v) is 6.21. The summed E-state index contributed by atoms with van der Waals surface area (Å²) >= 11 is 0. The molecule has 0 atom stereocenters. The molecule has 96 valence electrons. The molecule has 5 heteroatoms. The van der Waals surface area contributed by atoms with Crippen molar-refractivity contribution < 1.29 is 4.74 Å². The van der Waals surface area contributed by atoms with Crippen molar-refractivity contribution >= 4 is 5.69 Å². The van der Waals surface area contributed by atoms with Gasteiger partial charge in [0.05, 0.1) is 30.5 Å². The molecule has 0 aliphatic heterocycles. The molecule has 0 saturated carbocycles. The Labute approximate surface area is 107 Å². The standard InChI is InChI=1S/C13H18N4O/c1-3-5-17-10-13(9-16-17)18-12-6-11(15-4-2)7-14-8-12/h6-10,15H,3-5H2,1-2H3. The maximum atomic E-state index is 5.71. The number of aromatic nitrogens is 3. The molecule has 0 aromatic carbocycles. The van der Waals surface area contributed by atoms with E-state index in [0.717, 1.165) is 30.9 Å². The molecule has 0 bridgehead atoms. The molecule has 0 aliphatic rings. The maximum absolute atomic E-state index is 5.71.